The minimum Gasteiger partial charge on any atom is -0.315 e. The van der Waals surface area contributed by atoms with Crippen molar-refractivity contribution in [1.29, 1.82) is 0 Å². The van der Waals surface area contributed by atoms with Crippen LogP contribution in [0.4, 0.5) is 4.79 Å². The van der Waals surface area contributed by atoms with Gasteiger partial charge in [0.25, 0.3) is 5.91 Å². The van der Waals surface area contributed by atoms with Crippen LogP contribution in [0.1, 0.15) is 30.5 Å². The second-order valence-corrected chi connectivity index (χ2v) is 8.11. The van der Waals surface area contributed by atoms with Gasteiger partial charge in [-0.25, -0.2) is 9.69 Å². The number of hydrogen-bond acceptors (Lipinski definition) is 3. The molecular weight excluding hydrogens is 386 g/mol. The molecule has 158 valence electrons. The molecular formula is C26H27N3O2. The molecule has 0 aliphatic carbocycles. The highest BCUT2D eigenvalue weighted by molar-refractivity contribution is 6.09. The topological polar surface area (TPSA) is 52.6 Å². The van der Waals surface area contributed by atoms with Crippen LogP contribution in [0.15, 0.2) is 91.0 Å². The normalized spacial score (nSPS) is 15.5. The molecule has 5 nitrogen and oxygen atoms in total. The van der Waals surface area contributed by atoms with Crippen LogP contribution in [0.25, 0.3) is 0 Å². The smallest absolute Gasteiger partial charge is 0.315 e. The number of amides is 3. The summed E-state index contributed by atoms with van der Waals surface area (Å²) < 4.78 is 0. The van der Waals surface area contributed by atoms with Gasteiger partial charge in [-0.2, -0.15) is 0 Å². The number of hydrogen-bond donors (Lipinski definition) is 1. The number of benzene rings is 3. The van der Waals surface area contributed by atoms with Gasteiger partial charge in [-0.1, -0.05) is 91.0 Å². The third-order valence-electron chi connectivity index (χ3n) is 5.80. The van der Waals surface area contributed by atoms with Crippen LogP contribution >= 0.6 is 0 Å². The van der Waals surface area contributed by atoms with E-state index in [1.807, 2.05) is 78.9 Å². The van der Waals surface area contributed by atoms with E-state index in [1.165, 1.54) is 4.90 Å². The Balaban J connectivity index is 1.69. The van der Waals surface area contributed by atoms with Crippen molar-refractivity contribution in [2.24, 2.45) is 0 Å². The van der Waals surface area contributed by atoms with E-state index < -0.39 is 5.54 Å². The monoisotopic (exact) mass is 413 g/mol. The molecule has 1 aliphatic heterocycles. The Morgan fingerprint density at radius 2 is 1.29 bits per heavy atom. The van der Waals surface area contributed by atoms with Gasteiger partial charge in [0.15, 0.2) is 5.54 Å². The zero-order chi connectivity index (χ0) is 21.8. The first kappa shape index (κ1) is 20.8. The van der Waals surface area contributed by atoms with Crippen LogP contribution in [-0.4, -0.2) is 34.4 Å². The maximum atomic E-state index is 13.9. The zero-order valence-electron chi connectivity index (χ0n) is 17.9. The standard InChI is InChI=1S/C26H27N3O2/c1-20(2)28(18-21-12-6-3-7-13-21)19-29-24(30)26(27-25(29)31,22-14-8-4-9-15-22)23-16-10-5-11-17-23/h3-17,20H,18-19H2,1-2H3,(H,27,31). The Kier molecular flexibility index (Phi) is 5.87. The van der Waals surface area contributed by atoms with Gasteiger partial charge in [0.05, 0.1) is 6.67 Å². The molecule has 0 atom stereocenters. The third kappa shape index (κ3) is 3.97. The van der Waals surface area contributed by atoms with E-state index in [0.717, 1.165) is 16.7 Å². The van der Waals surface area contributed by atoms with E-state index in [1.54, 1.807) is 0 Å². The predicted octanol–water partition coefficient (Wildman–Crippen LogP) is 4.35. The lowest BCUT2D eigenvalue weighted by atomic mass is 9.83. The van der Waals surface area contributed by atoms with Gasteiger partial charge in [-0.3, -0.25) is 9.69 Å². The molecule has 3 aromatic carbocycles. The van der Waals surface area contributed by atoms with Crippen molar-refractivity contribution < 1.29 is 9.59 Å². The third-order valence-corrected chi connectivity index (χ3v) is 5.80. The van der Waals surface area contributed by atoms with Crippen molar-refractivity contribution in [1.82, 2.24) is 15.1 Å². The average molecular weight is 414 g/mol. The molecule has 1 aliphatic rings. The molecule has 31 heavy (non-hydrogen) atoms. The van der Waals surface area contributed by atoms with Crippen LogP contribution in [0.5, 0.6) is 0 Å². The van der Waals surface area contributed by atoms with E-state index >= 15 is 0 Å². The van der Waals surface area contributed by atoms with Crippen molar-refractivity contribution in [2.45, 2.75) is 32.0 Å². The Morgan fingerprint density at radius 1 is 0.806 bits per heavy atom. The average Bonchev–Trinajstić information content (AvgIpc) is 3.06. The molecule has 0 unspecified atom stereocenters. The van der Waals surface area contributed by atoms with Gasteiger partial charge in [0.1, 0.15) is 0 Å². The summed E-state index contributed by atoms with van der Waals surface area (Å²) in [6, 6.07) is 28.8. The highest BCUT2D eigenvalue weighted by Gasteiger charge is 2.53. The van der Waals surface area contributed by atoms with Gasteiger partial charge < -0.3 is 5.32 Å². The SMILES string of the molecule is CC(C)N(Cc1ccccc1)CN1C(=O)NC(c2ccccc2)(c2ccccc2)C1=O. The van der Waals surface area contributed by atoms with Crippen molar-refractivity contribution >= 4 is 11.9 Å². The first-order valence-electron chi connectivity index (χ1n) is 10.6. The Labute approximate surface area is 183 Å². The predicted molar refractivity (Wildman–Crippen MR) is 121 cm³/mol. The molecule has 5 heteroatoms. The molecule has 0 spiro atoms. The maximum absolute atomic E-state index is 13.9. The summed E-state index contributed by atoms with van der Waals surface area (Å²) in [5.41, 5.74) is 1.41. The maximum Gasteiger partial charge on any atom is 0.326 e. The number of urea groups is 1. The van der Waals surface area contributed by atoms with Gasteiger partial charge in [-0.05, 0) is 30.5 Å². The fourth-order valence-corrected chi connectivity index (χ4v) is 4.03. The van der Waals surface area contributed by atoms with Crippen LogP contribution in [-0.2, 0) is 16.9 Å². The van der Waals surface area contributed by atoms with Gasteiger partial charge in [-0.15, -0.1) is 0 Å². The van der Waals surface area contributed by atoms with Crippen molar-refractivity contribution in [3.05, 3.63) is 108 Å². The highest BCUT2D eigenvalue weighted by Crippen LogP contribution is 2.36. The van der Waals surface area contributed by atoms with Crippen molar-refractivity contribution in [3.63, 3.8) is 0 Å². The molecule has 3 aromatic rings. The molecule has 0 saturated carbocycles. The lowest BCUT2D eigenvalue weighted by Gasteiger charge is -2.31. The molecule has 1 heterocycles. The van der Waals surface area contributed by atoms with E-state index in [-0.39, 0.29) is 24.6 Å². The quantitative estimate of drug-likeness (QED) is 0.586. The van der Waals surface area contributed by atoms with E-state index in [2.05, 4.69) is 36.2 Å². The molecule has 0 bridgehead atoms. The summed E-state index contributed by atoms with van der Waals surface area (Å²) in [6.07, 6.45) is 0. The molecule has 0 aromatic heterocycles. The Morgan fingerprint density at radius 3 is 1.77 bits per heavy atom. The summed E-state index contributed by atoms with van der Waals surface area (Å²) in [5.74, 6) is -0.256. The minimum absolute atomic E-state index is 0.157. The van der Waals surface area contributed by atoms with Crippen LogP contribution < -0.4 is 5.32 Å². The molecule has 4 rings (SSSR count). The highest BCUT2D eigenvalue weighted by atomic mass is 16.2. The van der Waals surface area contributed by atoms with E-state index in [0.29, 0.717) is 6.54 Å². The van der Waals surface area contributed by atoms with Gasteiger partial charge in [0, 0.05) is 12.6 Å². The summed E-state index contributed by atoms with van der Waals surface area (Å²) >= 11 is 0. The Hall–Kier alpha value is -3.44. The zero-order valence-corrected chi connectivity index (χ0v) is 17.9. The van der Waals surface area contributed by atoms with Crippen molar-refractivity contribution in [2.75, 3.05) is 6.67 Å². The summed E-state index contributed by atoms with van der Waals surface area (Å²) in [4.78, 5) is 30.5. The molecule has 0 radical (unpaired) electrons. The Bertz CT molecular complexity index is 997. The number of carbonyl (C=O) groups excluding carboxylic acids is 2. The second kappa shape index (κ2) is 8.74. The lowest BCUT2D eigenvalue weighted by molar-refractivity contribution is -0.132. The number of carbonyl (C=O) groups is 2. The molecule has 3 amide bonds. The molecule has 1 saturated heterocycles. The second-order valence-electron chi connectivity index (χ2n) is 8.11. The number of nitrogens with one attached hydrogen (secondary N) is 1. The van der Waals surface area contributed by atoms with Crippen molar-refractivity contribution in [3.8, 4) is 0 Å². The number of imide groups is 1. The first-order chi connectivity index (χ1) is 15.0. The van der Waals surface area contributed by atoms with Gasteiger partial charge in [0.2, 0.25) is 0 Å². The van der Waals surface area contributed by atoms with Crippen LogP contribution in [0.3, 0.4) is 0 Å². The van der Waals surface area contributed by atoms with Crippen LogP contribution in [0, 0.1) is 0 Å². The minimum atomic E-state index is -1.23. The number of rotatable bonds is 7. The fourth-order valence-electron chi connectivity index (χ4n) is 4.03. The van der Waals surface area contributed by atoms with E-state index in [9.17, 15) is 9.59 Å². The molecule has 1 N–H and O–H groups in total. The largest absolute Gasteiger partial charge is 0.326 e. The number of nitrogens with zero attached hydrogens (tertiary/aromatic N) is 2. The fraction of sp³-hybridized carbons (Fsp3) is 0.231. The van der Waals surface area contributed by atoms with E-state index in [4.69, 9.17) is 0 Å². The summed E-state index contributed by atoms with van der Waals surface area (Å²) in [5, 5.41) is 3.02. The lowest BCUT2D eigenvalue weighted by Crippen LogP contribution is -2.47. The summed E-state index contributed by atoms with van der Waals surface area (Å²) in [7, 11) is 0. The first-order valence-corrected chi connectivity index (χ1v) is 10.6. The van der Waals surface area contributed by atoms with Crippen LogP contribution in [0.2, 0.25) is 0 Å². The van der Waals surface area contributed by atoms with Gasteiger partial charge >= 0.3 is 6.03 Å². The summed E-state index contributed by atoms with van der Waals surface area (Å²) in [6.45, 7) is 5.02. The molecule has 1 fully saturated rings.